The van der Waals surface area contributed by atoms with Crippen molar-refractivity contribution in [2.75, 3.05) is 16.8 Å². The number of para-hydroxylation sites is 2. The van der Waals surface area contributed by atoms with E-state index in [0.717, 1.165) is 5.56 Å². The van der Waals surface area contributed by atoms with Crippen LogP contribution in [0.1, 0.15) is 22.3 Å². The normalized spacial score (nSPS) is 15.5. The van der Waals surface area contributed by atoms with Gasteiger partial charge in [-0.3, -0.25) is 14.4 Å². The second-order valence-electron chi connectivity index (χ2n) is 7.56. The number of amides is 3. The van der Waals surface area contributed by atoms with Gasteiger partial charge in [-0.05, 0) is 29.8 Å². The number of carbonyl (C=O) groups excluding carboxylic acids is 3. The molecule has 1 aliphatic rings. The molecule has 0 spiro atoms. The smallest absolute Gasteiger partial charge is 0.253 e. The molecule has 4 rings (SSSR count). The lowest BCUT2D eigenvalue weighted by Crippen LogP contribution is -2.29. The Morgan fingerprint density at radius 1 is 0.938 bits per heavy atom. The maximum atomic E-state index is 12.9. The summed E-state index contributed by atoms with van der Waals surface area (Å²) in [5.74, 6) is -1.30. The van der Waals surface area contributed by atoms with Crippen molar-refractivity contribution < 1.29 is 14.4 Å². The highest BCUT2D eigenvalue weighted by Crippen LogP contribution is 2.31. The summed E-state index contributed by atoms with van der Waals surface area (Å²) in [6.45, 7) is 0.614. The van der Waals surface area contributed by atoms with Gasteiger partial charge in [-0.25, -0.2) is 0 Å². The maximum Gasteiger partial charge on any atom is 0.253 e. The summed E-state index contributed by atoms with van der Waals surface area (Å²) in [6, 6.07) is 23.5. The van der Waals surface area contributed by atoms with Crippen molar-refractivity contribution in [2.24, 2.45) is 5.92 Å². The van der Waals surface area contributed by atoms with Crippen molar-refractivity contribution in [3.63, 3.8) is 0 Å². The van der Waals surface area contributed by atoms with Crippen LogP contribution in [0.5, 0.6) is 0 Å². The zero-order valence-electron chi connectivity index (χ0n) is 17.3. The molecule has 1 aliphatic heterocycles. The molecule has 0 unspecified atom stereocenters. The molecule has 1 atom stereocenters. The quantitative estimate of drug-likeness (QED) is 0.592. The van der Waals surface area contributed by atoms with Crippen LogP contribution in [0.4, 0.5) is 11.4 Å². The van der Waals surface area contributed by atoms with E-state index in [4.69, 9.17) is 11.6 Å². The Labute approximate surface area is 191 Å². The number of hydrogen-bond acceptors (Lipinski definition) is 3. The molecule has 32 heavy (non-hydrogen) atoms. The van der Waals surface area contributed by atoms with E-state index >= 15 is 0 Å². The molecule has 0 bridgehead atoms. The number of nitrogens with one attached hydrogen (secondary N) is 2. The molecule has 3 amide bonds. The Hall–Kier alpha value is -3.64. The molecule has 1 heterocycles. The molecule has 7 heteroatoms. The van der Waals surface area contributed by atoms with Crippen LogP contribution in [0.3, 0.4) is 0 Å². The van der Waals surface area contributed by atoms with Crippen molar-refractivity contribution in [2.45, 2.75) is 13.0 Å². The van der Waals surface area contributed by atoms with E-state index in [1.54, 1.807) is 48.5 Å². The Bertz CT molecular complexity index is 1150. The minimum atomic E-state index is -0.542. The van der Waals surface area contributed by atoms with E-state index in [9.17, 15) is 14.4 Å². The third-order valence-corrected chi connectivity index (χ3v) is 5.68. The van der Waals surface area contributed by atoms with Crippen LogP contribution in [-0.4, -0.2) is 24.3 Å². The summed E-state index contributed by atoms with van der Waals surface area (Å²) in [6.07, 6.45) is 0.0828. The van der Waals surface area contributed by atoms with E-state index in [1.807, 2.05) is 30.3 Å². The van der Waals surface area contributed by atoms with Crippen LogP contribution >= 0.6 is 11.6 Å². The van der Waals surface area contributed by atoms with Crippen LogP contribution in [0.15, 0.2) is 78.9 Å². The molecular weight excluding hydrogens is 426 g/mol. The Kier molecular flexibility index (Phi) is 6.52. The number of rotatable bonds is 6. The van der Waals surface area contributed by atoms with E-state index < -0.39 is 5.92 Å². The number of nitrogens with zero attached hydrogens (tertiary/aromatic N) is 1. The lowest BCUT2D eigenvalue weighted by molar-refractivity contribution is -0.122. The SMILES string of the molecule is O=C(NCc1ccccc1)c1ccccc1NC(=O)[C@H]1CC(=O)N(c2ccccc2Cl)C1. The second kappa shape index (κ2) is 9.66. The molecule has 0 saturated carbocycles. The van der Waals surface area contributed by atoms with Gasteiger partial charge in [-0.15, -0.1) is 0 Å². The highest BCUT2D eigenvalue weighted by atomic mass is 35.5. The highest BCUT2D eigenvalue weighted by Gasteiger charge is 2.36. The predicted molar refractivity (Wildman–Crippen MR) is 125 cm³/mol. The summed E-state index contributed by atoms with van der Waals surface area (Å²) in [7, 11) is 0. The monoisotopic (exact) mass is 447 g/mol. The summed E-state index contributed by atoms with van der Waals surface area (Å²) < 4.78 is 0. The fourth-order valence-electron chi connectivity index (χ4n) is 3.69. The fourth-order valence-corrected chi connectivity index (χ4v) is 3.92. The number of anilines is 2. The summed E-state index contributed by atoms with van der Waals surface area (Å²) in [4.78, 5) is 39.7. The first-order valence-electron chi connectivity index (χ1n) is 10.3. The molecule has 0 aromatic heterocycles. The number of hydrogen-bond donors (Lipinski definition) is 2. The summed E-state index contributed by atoms with van der Waals surface area (Å²) in [5, 5.41) is 6.16. The third-order valence-electron chi connectivity index (χ3n) is 5.36. The average molecular weight is 448 g/mol. The van der Waals surface area contributed by atoms with Gasteiger partial charge in [0.1, 0.15) is 0 Å². The van der Waals surface area contributed by atoms with Gasteiger partial charge < -0.3 is 15.5 Å². The fraction of sp³-hybridized carbons (Fsp3) is 0.160. The minimum Gasteiger partial charge on any atom is -0.348 e. The molecule has 2 N–H and O–H groups in total. The minimum absolute atomic E-state index is 0.0828. The number of halogens is 1. The number of benzene rings is 3. The zero-order chi connectivity index (χ0) is 22.5. The highest BCUT2D eigenvalue weighted by molar-refractivity contribution is 6.34. The lowest BCUT2D eigenvalue weighted by Gasteiger charge is -2.18. The van der Waals surface area contributed by atoms with Crippen LogP contribution in [0.25, 0.3) is 0 Å². The van der Waals surface area contributed by atoms with Crippen molar-refractivity contribution >= 4 is 40.7 Å². The standard InChI is InChI=1S/C25H22ClN3O3/c26-20-11-5-7-13-22(20)29-16-18(14-23(29)30)24(31)28-21-12-6-4-10-19(21)25(32)27-15-17-8-2-1-3-9-17/h1-13,18H,14-16H2,(H,27,32)(H,28,31)/t18-/m0/s1. The van der Waals surface area contributed by atoms with Gasteiger partial charge in [0, 0.05) is 19.5 Å². The van der Waals surface area contributed by atoms with Crippen LogP contribution in [-0.2, 0) is 16.1 Å². The van der Waals surface area contributed by atoms with E-state index in [-0.39, 0.29) is 30.7 Å². The van der Waals surface area contributed by atoms with Crippen molar-refractivity contribution in [1.82, 2.24) is 5.32 Å². The van der Waals surface area contributed by atoms with E-state index in [0.29, 0.717) is 28.5 Å². The molecule has 3 aromatic rings. The van der Waals surface area contributed by atoms with Gasteiger partial charge in [0.05, 0.1) is 27.9 Å². The Morgan fingerprint density at radius 3 is 2.41 bits per heavy atom. The van der Waals surface area contributed by atoms with Gasteiger partial charge >= 0.3 is 0 Å². The topological polar surface area (TPSA) is 78.5 Å². The van der Waals surface area contributed by atoms with Crippen LogP contribution in [0.2, 0.25) is 5.02 Å². The van der Waals surface area contributed by atoms with Gasteiger partial charge in [0.25, 0.3) is 5.91 Å². The van der Waals surface area contributed by atoms with Crippen molar-refractivity contribution in [3.05, 3.63) is 95.0 Å². The first-order chi connectivity index (χ1) is 15.5. The molecule has 1 saturated heterocycles. The molecule has 3 aromatic carbocycles. The summed E-state index contributed by atoms with van der Waals surface area (Å²) in [5.41, 5.74) is 2.34. The first-order valence-corrected chi connectivity index (χ1v) is 10.7. The predicted octanol–water partition coefficient (Wildman–Crippen LogP) is 4.26. The summed E-state index contributed by atoms with van der Waals surface area (Å²) >= 11 is 6.22. The molecule has 0 aliphatic carbocycles. The van der Waals surface area contributed by atoms with Gasteiger partial charge in [0.2, 0.25) is 11.8 Å². The lowest BCUT2D eigenvalue weighted by atomic mass is 10.1. The van der Waals surface area contributed by atoms with E-state index in [1.165, 1.54) is 4.90 Å². The van der Waals surface area contributed by atoms with Gasteiger partial charge in [0.15, 0.2) is 0 Å². The zero-order valence-corrected chi connectivity index (χ0v) is 18.0. The van der Waals surface area contributed by atoms with E-state index in [2.05, 4.69) is 10.6 Å². The first kappa shape index (κ1) is 21.6. The molecule has 6 nitrogen and oxygen atoms in total. The maximum absolute atomic E-state index is 12.9. The van der Waals surface area contributed by atoms with Gasteiger partial charge in [-0.2, -0.15) is 0 Å². The van der Waals surface area contributed by atoms with Crippen LogP contribution in [0, 0.1) is 5.92 Å². The second-order valence-corrected chi connectivity index (χ2v) is 7.97. The number of carbonyl (C=O) groups is 3. The van der Waals surface area contributed by atoms with Crippen molar-refractivity contribution in [3.8, 4) is 0 Å². The molecule has 0 radical (unpaired) electrons. The largest absolute Gasteiger partial charge is 0.348 e. The van der Waals surface area contributed by atoms with Gasteiger partial charge in [-0.1, -0.05) is 66.2 Å². The van der Waals surface area contributed by atoms with Crippen molar-refractivity contribution in [1.29, 1.82) is 0 Å². The third kappa shape index (κ3) is 4.81. The molecular formula is C25H22ClN3O3. The Morgan fingerprint density at radius 2 is 1.62 bits per heavy atom. The Balaban J connectivity index is 1.43. The molecule has 162 valence electrons. The average Bonchev–Trinajstić information content (AvgIpc) is 3.20. The molecule has 1 fully saturated rings. The van der Waals surface area contributed by atoms with Crippen LogP contribution < -0.4 is 15.5 Å².